The van der Waals surface area contributed by atoms with E-state index in [1.54, 1.807) is 0 Å². The van der Waals surface area contributed by atoms with Crippen molar-refractivity contribution >= 4 is 38.1 Å². The summed E-state index contributed by atoms with van der Waals surface area (Å²) < 4.78 is 2.51. The Morgan fingerprint density at radius 3 is 1.59 bits per heavy atom. The summed E-state index contributed by atoms with van der Waals surface area (Å²) in [5.41, 5.74) is 11.9. The predicted octanol–water partition coefficient (Wildman–Crippen LogP) is 6.52. The molecule has 34 heavy (non-hydrogen) atoms. The van der Waals surface area contributed by atoms with Crippen molar-refractivity contribution < 1.29 is 0 Å². The lowest BCUT2D eigenvalue weighted by Crippen LogP contribution is -2.57. The molecular weight excluding hydrogens is 414 g/mol. The number of rotatable bonds is 0. The van der Waals surface area contributed by atoms with E-state index >= 15 is 0 Å². The largest absolute Gasteiger partial charge is 0.304 e. The van der Waals surface area contributed by atoms with Crippen LogP contribution in [0.15, 0.2) is 91.3 Å². The lowest BCUT2D eigenvalue weighted by Gasteiger charge is -2.62. The molecule has 0 amide bonds. The molecule has 0 bridgehead atoms. The molecule has 2 aliphatic carbocycles. The summed E-state index contributed by atoms with van der Waals surface area (Å²) in [7, 11) is 0. The molecule has 1 aliphatic heterocycles. The molecule has 0 radical (unpaired) electrons. The Labute approximate surface area is 194 Å². The molecule has 0 N–H and O–H groups in total. The van der Waals surface area contributed by atoms with E-state index in [1.165, 1.54) is 71.7 Å². The van der Waals surface area contributed by atoms with Gasteiger partial charge < -0.3 is 4.40 Å². The maximum atomic E-state index is 5.15. The molecule has 2 unspecified atom stereocenters. The number of fused-ring (bicyclic) bond motifs is 8. The first-order valence-electron chi connectivity index (χ1n) is 12.0. The van der Waals surface area contributed by atoms with E-state index in [4.69, 9.17) is 9.97 Å². The van der Waals surface area contributed by atoms with E-state index in [9.17, 15) is 0 Å². The summed E-state index contributed by atoms with van der Waals surface area (Å²) in [5.74, 6) is 0.436. The standard InChI is InChI=1S/C31H17N3/c1-3-10-22-20(6-1)24-26-29-18(12-14-32-26)16-8-5-9-17-19-13-15-33-27(30(19)34(29)28(16)17)25-21-7-2-4-11-23(21)31(22,24)25/h1-15,24-25H. The van der Waals surface area contributed by atoms with Crippen molar-refractivity contribution in [2.45, 2.75) is 17.3 Å². The Balaban J connectivity index is 1.56. The van der Waals surface area contributed by atoms with Crippen molar-refractivity contribution in [1.29, 1.82) is 0 Å². The maximum absolute atomic E-state index is 5.15. The van der Waals surface area contributed by atoms with Gasteiger partial charge in [0.15, 0.2) is 0 Å². The number of nitrogens with zero attached hydrogens (tertiary/aromatic N) is 3. The Morgan fingerprint density at radius 1 is 0.529 bits per heavy atom. The van der Waals surface area contributed by atoms with Crippen molar-refractivity contribution in [3.8, 4) is 0 Å². The molecular formula is C31H17N3. The average molecular weight is 431 g/mol. The normalized spacial score (nSPS) is 23.4. The summed E-state index contributed by atoms with van der Waals surface area (Å²) in [5, 5.41) is 5.22. The van der Waals surface area contributed by atoms with E-state index in [0.717, 1.165) is 0 Å². The van der Waals surface area contributed by atoms with E-state index < -0.39 is 0 Å². The molecule has 156 valence electrons. The van der Waals surface area contributed by atoms with Crippen molar-refractivity contribution in [2.24, 2.45) is 0 Å². The molecule has 0 saturated carbocycles. The summed E-state index contributed by atoms with van der Waals surface area (Å²) in [6, 6.07) is 29.2. The molecule has 0 saturated heterocycles. The van der Waals surface area contributed by atoms with Gasteiger partial charge in [-0.15, -0.1) is 0 Å². The summed E-state index contributed by atoms with van der Waals surface area (Å²) >= 11 is 0. The van der Waals surface area contributed by atoms with Gasteiger partial charge in [-0.05, 0) is 34.4 Å². The minimum atomic E-state index is -0.112. The third-order valence-electron chi connectivity index (χ3n) is 9.08. The molecule has 3 aliphatic rings. The molecule has 2 atom stereocenters. The van der Waals surface area contributed by atoms with Crippen LogP contribution in [-0.4, -0.2) is 14.4 Å². The average Bonchev–Trinajstić information content (AvgIpc) is 3.38. The number of benzene rings is 3. The number of hydrogen-bond donors (Lipinski definition) is 0. The lowest BCUT2D eigenvalue weighted by molar-refractivity contribution is 0.290. The minimum Gasteiger partial charge on any atom is -0.304 e. The molecule has 3 aromatic carbocycles. The maximum Gasteiger partial charge on any atom is 0.0764 e. The fraction of sp³-hybridized carbons (Fsp3) is 0.0968. The Hall–Kier alpha value is -4.24. The van der Waals surface area contributed by atoms with Gasteiger partial charge in [0.1, 0.15) is 0 Å². The Morgan fingerprint density at radius 2 is 1.03 bits per heavy atom. The van der Waals surface area contributed by atoms with Crippen molar-refractivity contribution in [3.63, 3.8) is 0 Å². The lowest BCUT2D eigenvalue weighted by atomic mass is 9.39. The first kappa shape index (κ1) is 16.4. The molecule has 0 fully saturated rings. The second kappa shape index (κ2) is 4.97. The second-order valence-electron chi connectivity index (χ2n) is 10.1. The third-order valence-corrected chi connectivity index (χ3v) is 9.08. The van der Waals surface area contributed by atoms with Gasteiger partial charge in [-0.25, -0.2) is 0 Å². The predicted molar refractivity (Wildman–Crippen MR) is 134 cm³/mol. The zero-order valence-corrected chi connectivity index (χ0v) is 18.2. The smallest absolute Gasteiger partial charge is 0.0764 e. The number of para-hydroxylation sites is 1. The highest BCUT2D eigenvalue weighted by atomic mass is 15.0. The van der Waals surface area contributed by atoms with Gasteiger partial charge in [0.2, 0.25) is 0 Å². The molecule has 4 aromatic heterocycles. The summed E-state index contributed by atoms with van der Waals surface area (Å²) in [6.45, 7) is 0. The zero-order valence-electron chi connectivity index (χ0n) is 18.2. The fourth-order valence-electron chi connectivity index (χ4n) is 8.07. The Kier molecular flexibility index (Phi) is 2.40. The topological polar surface area (TPSA) is 30.2 Å². The van der Waals surface area contributed by atoms with E-state index in [-0.39, 0.29) is 17.3 Å². The molecule has 3 heteroatoms. The molecule has 10 rings (SSSR count). The third kappa shape index (κ3) is 1.39. The molecule has 5 heterocycles. The van der Waals surface area contributed by atoms with Crippen LogP contribution in [0.4, 0.5) is 0 Å². The van der Waals surface area contributed by atoms with Gasteiger partial charge >= 0.3 is 0 Å². The second-order valence-corrected chi connectivity index (χ2v) is 10.1. The van der Waals surface area contributed by atoms with E-state index in [2.05, 4.69) is 83.3 Å². The monoisotopic (exact) mass is 431 g/mol. The number of pyridine rings is 2. The Bertz CT molecular complexity index is 1900. The van der Waals surface area contributed by atoms with Crippen LogP contribution in [-0.2, 0) is 5.41 Å². The van der Waals surface area contributed by atoms with Crippen molar-refractivity contribution in [1.82, 2.24) is 14.4 Å². The highest BCUT2D eigenvalue weighted by molar-refractivity contribution is 6.24. The van der Waals surface area contributed by atoms with Crippen LogP contribution in [0.25, 0.3) is 38.1 Å². The van der Waals surface area contributed by atoms with Gasteiger partial charge in [0, 0.05) is 51.2 Å². The van der Waals surface area contributed by atoms with Crippen LogP contribution in [0, 0.1) is 0 Å². The van der Waals surface area contributed by atoms with Crippen LogP contribution in [0.5, 0.6) is 0 Å². The molecule has 1 spiro atoms. The van der Waals surface area contributed by atoms with Crippen LogP contribution in [0.1, 0.15) is 45.5 Å². The van der Waals surface area contributed by atoms with Gasteiger partial charge in [-0.3, -0.25) is 9.97 Å². The van der Waals surface area contributed by atoms with Crippen molar-refractivity contribution in [2.75, 3.05) is 0 Å². The van der Waals surface area contributed by atoms with E-state index in [1.807, 2.05) is 12.4 Å². The first-order chi connectivity index (χ1) is 16.9. The first-order valence-corrected chi connectivity index (χ1v) is 12.0. The van der Waals surface area contributed by atoms with Crippen LogP contribution in [0.2, 0.25) is 0 Å². The molecule has 7 aromatic rings. The highest BCUT2D eigenvalue weighted by Crippen LogP contribution is 2.73. The van der Waals surface area contributed by atoms with Crippen molar-refractivity contribution in [3.05, 3.63) is 125 Å². The SMILES string of the molecule is c1ccc2c(c1)C1c3nccc4c5cccc6c7ccnc(c7n(c34)c56)C3c4ccccc4C213. The van der Waals surface area contributed by atoms with Crippen LogP contribution < -0.4 is 0 Å². The van der Waals surface area contributed by atoms with Crippen LogP contribution in [0.3, 0.4) is 0 Å². The highest BCUT2D eigenvalue weighted by Gasteiger charge is 2.66. The van der Waals surface area contributed by atoms with Crippen LogP contribution >= 0.6 is 0 Å². The molecule has 3 nitrogen and oxygen atoms in total. The summed E-state index contributed by atoms with van der Waals surface area (Å²) in [6.07, 6.45) is 4.05. The number of aromatic nitrogens is 3. The fourth-order valence-corrected chi connectivity index (χ4v) is 8.07. The van der Waals surface area contributed by atoms with Gasteiger partial charge in [-0.1, -0.05) is 66.7 Å². The van der Waals surface area contributed by atoms with E-state index in [0.29, 0.717) is 0 Å². The number of hydrogen-bond acceptors (Lipinski definition) is 2. The summed E-state index contributed by atoms with van der Waals surface area (Å²) in [4.78, 5) is 10.3. The van der Waals surface area contributed by atoms with Gasteiger partial charge in [0.25, 0.3) is 0 Å². The van der Waals surface area contributed by atoms with Gasteiger partial charge in [-0.2, -0.15) is 0 Å². The quantitative estimate of drug-likeness (QED) is 0.274. The zero-order chi connectivity index (χ0) is 21.8. The van der Waals surface area contributed by atoms with Gasteiger partial charge in [0.05, 0.1) is 27.9 Å². The minimum absolute atomic E-state index is 0.112.